The van der Waals surface area contributed by atoms with Gasteiger partial charge in [-0.1, -0.05) is 0 Å². The Morgan fingerprint density at radius 2 is 2.28 bits per heavy atom. The second-order valence-corrected chi connectivity index (χ2v) is 5.89. The molecule has 1 aromatic rings. The first-order valence-electron chi connectivity index (χ1n) is 6.89. The molecule has 98 valence electrons. The number of rotatable bonds is 2. The smallest absolute Gasteiger partial charge is 0.120 e. The normalized spacial score (nSPS) is 27.7. The fraction of sp³-hybridized carbons (Fsp3) is 0.600. The molecule has 0 aliphatic carbocycles. The van der Waals surface area contributed by atoms with Crippen LogP contribution in [0.2, 0.25) is 0 Å². The SMILES string of the molecule is CN1CCC(C)(Oc2ccc3c(c2)CCCN3)C1. The van der Waals surface area contributed by atoms with Gasteiger partial charge in [0.05, 0.1) is 0 Å². The summed E-state index contributed by atoms with van der Waals surface area (Å²) >= 11 is 0. The van der Waals surface area contributed by atoms with Crippen molar-refractivity contribution in [2.45, 2.75) is 31.8 Å². The highest BCUT2D eigenvalue weighted by atomic mass is 16.5. The number of ether oxygens (including phenoxy) is 1. The summed E-state index contributed by atoms with van der Waals surface area (Å²) in [4.78, 5) is 2.33. The summed E-state index contributed by atoms with van der Waals surface area (Å²) in [6, 6.07) is 6.47. The highest BCUT2D eigenvalue weighted by Crippen LogP contribution is 2.31. The Balaban J connectivity index is 1.77. The van der Waals surface area contributed by atoms with Crippen molar-refractivity contribution < 1.29 is 4.74 Å². The Labute approximate surface area is 109 Å². The summed E-state index contributed by atoms with van der Waals surface area (Å²) in [6.07, 6.45) is 3.49. The van der Waals surface area contributed by atoms with Crippen molar-refractivity contribution in [3.63, 3.8) is 0 Å². The van der Waals surface area contributed by atoms with Crippen molar-refractivity contribution in [2.75, 3.05) is 32.0 Å². The van der Waals surface area contributed by atoms with Gasteiger partial charge in [0.2, 0.25) is 0 Å². The van der Waals surface area contributed by atoms with Crippen molar-refractivity contribution in [3.8, 4) is 5.75 Å². The molecule has 1 atom stereocenters. The standard InChI is InChI=1S/C15H22N2O/c1-15(7-9-17(2)11-15)18-13-5-6-14-12(10-13)4-3-8-16-14/h5-6,10,16H,3-4,7-9,11H2,1-2H3. The van der Waals surface area contributed by atoms with Crippen LogP contribution in [0.25, 0.3) is 0 Å². The van der Waals surface area contributed by atoms with Gasteiger partial charge in [0.15, 0.2) is 0 Å². The van der Waals surface area contributed by atoms with Crippen LogP contribution in [0, 0.1) is 0 Å². The molecule has 3 heteroatoms. The van der Waals surface area contributed by atoms with E-state index in [-0.39, 0.29) is 5.60 Å². The second-order valence-electron chi connectivity index (χ2n) is 5.89. The minimum absolute atomic E-state index is 0.0227. The van der Waals surface area contributed by atoms with Crippen LogP contribution in [0.4, 0.5) is 5.69 Å². The van der Waals surface area contributed by atoms with Gasteiger partial charge in [0.1, 0.15) is 11.4 Å². The van der Waals surface area contributed by atoms with Gasteiger partial charge < -0.3 is 15.0 Å². The molecule has 0 saturated carbocycles. The van der Waals surface area contributed by atoms with Crippen molar-refractivity contribution in [1.82, 2.24) is 4.90 Å². The third-order valence-electron chi connectivity index (χ3n) is 4.01. The highest BCUT2D eigenvalue weighted by Gasteiger charge is 2.34. The summed E-state index contributed by atoms with van der Waals surface area (Å²) in [5, 5.41) is 3.44. The summed E-state index contributed by atoms with van der Waals surface area (Å²) in [5.41, 5.74) is 2.65. The maximum Gasteiger partial charge on any atom is 0.120 e. The van der Waals surface area contributed by atoms with Gasteiger partial charge in [0.25, 0.3) is 0 Å². The summed E-state index contributed by atoms with van der Waals surface area (Å²) in [7, 11) is 2.16. The molecule has 1 fully saturated rings. The average molecular weight is 246 g/mol. The number of fused-ring (bicyclic) bond motifs is 1. The van der Waals surface area contributed by atoms with Gasteiger partial charge in [-0.2, -0.15) is 0 Å². The molecule has 2 aliphatic rings. The van der Waals surface area contributed by atoms with E-state index in [2.05, 4.69) is 42.4 Å². The third kappa shape index (κ3) is 2.32. The molecule has 0 spiro atoms. The zero-order valence-corrected chi connectivity index (χ0v) is 11.3. The minimum Gasteiger partial charge on any atom is -0.486 e. The van der Waals surface area contributed by atoms with Crippen LogP contribution in [-0.2, 0) is 6.42 Å². The number of likely N-dealkylation sites (N-methyl/N-ethyl adjacent to an activating group) is 1. The molecule has 1 saturated heterocycles. The molecule has 0 aromatic heterocycles. The quantitative estimate of drug-likeness (QED) is 0.868. The average Bonchev–Trinajstić information content (AvgIpc) is 2.69. The topological polar surface area (TPSA) is 24.5 Å². The van der Waals surface area contributed by atoms with Gasteiger partial charge in [-0.05, 0) is 50.6 Å². The molecular formula is C15H22N2O. The molecule has 3 rings (SSSR count). The van der Waals surface area contributed by atoms with E-state index < -0.39 is 0 Å². The van der Waals surface area contributed by atoms with E-state index in [0.29, 0.717) is 0 Å². The van der Waals surface area contributed by atoms with E-state index >= 15 is 0 Å². The number of anilines is 1. The molecule has 18 heavy (non-hydrogen) atoms. The van der Waals surface area contributed by atoms with Gasteiger partial charge in [-0.3, -0.25) is 0 Å². The lowest BCUT2D eigenvalue weighted by Crippen LogP contribution is -2.35. The fourth-order valence-corrected chi connectivity index (χ4v) is 3.04. The predicted molar refractivity (Wildman–Crippen MR) is 74.4 cm³/mol. The number of hydrogen-bond acceptors (Lipinski definition) is 3. The fourth-order valence-electron chi connectivity index (χ4n) is 3.04. The zero-order chi connectivity index (χ0) is 12.6. The van der Waals surface area contributed by atoms with Crippen LogP contribution in [0.15, 0.2) is 18.2 Å². The summed E-state index contributed by atoms with van der Waals surface area (Å²) in [6.45, 7) is 5.45. The van der Waals surface area contributed by atoms with Crippen molar-refractivity contribution in [2.24, 2.45) is 0 Å². The molecule has 1 N–H and O–H groups in total. The van der Waals surface area contributed by atoms with Gasteiger partial charge in [-0.15, -0.1) is 0 Å². The van der Waals surface area contributed by atoms with Crippen LogP contribution < -0.4 is 10.1 Å². The summed E-state index contributed by atoms with van der Waals surface area (Å²) in [5.74, 6) is 1.02. The van der Waals surface area contributed by atoms with E-state index in [1.165, 1.54) is 17.7 Å². The number of nitrogens with zero attached hydrogens (tertiary/aromatic N) is 1. The highest BCUT2D eigenvalue weighted by molar-refractivity contribution is 5.55. The van der Waals surface area contributed by atoms with Gasteiger partial charge in [-0.25, -0.2) is 0 Å². The maximum absolute atomic E-state index is 6.23. The molecule has 1 aromatic carbocycles. The third-order valence-corrected chi connectivity index (χ3v) is 4.01. The predicted octanol–water partition coefficient (Wildman–Crippen LogP) is 2.52. The Kier molecular flexibility index (Phi) is 2.94. The van der Waals surface area contributed by atoms with Crippen LogP contribution in [0.3, 0.4) is 0 Å². The van der Waals surface area contributed by atoms with Crippen LogP contribution in [0.1, 0.15) is 25.3 Å². The number of nitrogens with one attached hydrogen (secondary N) is 1. The van der Waals surface area contributed by atoms with Crippen molar-refractivity contribution in [3.05, 3.63) is 23.8 Å². The number of benzene rings is 1. The van der Waals surface area contributed by atoms with Crippen LogP contribution >= 0.6 is 0 Å². The lowest BCUT2D eigenvalue weighted by atomic mass is 10.0. The van der Waals surface area contributed by atoms with E-state index in [0.717, 1.165) is 38.2 Å². The van der Waals surface area contributed by atoms with E-state index in [9.17, 15) is 0 Å². The largest absolute Gasteiger partial charge is 0.486 e. The lowest BCUT2D eigenvalue weighted by molar-refractivity contribution is 0.0997. The maximum atomic E-state index is 6.23. The Morgan fingerprint density at radius 1 is 1.39 bits per heavy atom. The monoisotopic (exact) mass is 246 g/mol. The Bertz CT molecular complexity index is 446. The van der Waals surface area contributed by atoms with Crippen molar-refractivity contribution >= 4 is 5.69 Å². The Hall–Kier alpha value is -1.22. The molecule has 2 aliphatic heterocycles. The first kappa shape index (κ1) is 11.8. The molecule has 1 unspecified atom stereocenters. The molecule has 3 nitrogen and oxygen atoms in total. The number of hydrogen-bond donors (Lipinski definition) is 1. The molecule has 0 radical (unpaired) electrons. The van der Waals surface area contributed by atoms with E-state index in [1.54, 1.807) is 0 Å². The first-order chi connectivity index (χ1) is 8.65. The summed E-state index contributed by atoms with van der Waals surface area (Å²) < 4.78 is 6.23. The molecule has 0 amide bonds. The molecule has 0 bridgehead atoms. The number of likely N-dealkylation sites (tertiary alicyclic amines) is 1. The van der Waals surface area contributed by atoms with Crippen LogP contribution in [0.5, 0.6) is 5.75 Å². The first-order valence-corrected chi connectivity index (χ1v) is 6.89. The van der Waals surface area contributed by atoms with Gasteiger partial charge in [0, 0.05) is 31.7 Å². The molecule has 2 heterocycles. The van der Waals surface area contributed by atoms with E-state index in [4.69, 9.17) is 4.74 Å². The Morgan fingerprint density at radius 3 is 3.06 bits per heavy atom. The lowest BCUT2D eigenvalue weighted by Gasteiger charge is -2.27. The van der Waals surface area contributed by atoms with E-state index in [1.807, 2.05) is 0 Å². The molecular weight excluding hydrogens is 224 g/mol. The number of aryl methyl sites for hydroxylation is 1. The zero-order valence-electron chi connectivity index (χ0n) is 11.3. The van der Waals surface area contributed by atoms with Crippen molar-refractivity contribution in [1.29, 1.82) is 0 Å². The van der Waals surface area contributed by atoms with Gasteiger partial charge >= 0.3 is 0 Å². The minimum atomic E-state index is -0.0227. The second kappa shape index (κ2) is 4.47. The van der Waals surface area contributed by atoms with Crippen LogP contribution in [-0.4, -0.2) is 37.2 Å².